The summed E-state index contributed by atoms with van der Waals surface area (Å²) in [5, 5.41) is 13.6. The molecule has 8 heteroatoms. The normalized spacial score (nSPS) is 11.4. The molecular formula is C11H14N4O4. The van der Waals surface area contributed by atoms with Crippen LogP contribution in [0.25, 0.3) is 11.5 Å². The predicted molar refractivity (Wildman–Crippen MR) is 63.6 cm³/mol. The van der Waals surface area contributed by atoms with Gasteiger partial charge in [-0.2, -0.15) is 10.3 Å². The molecule has 2 rings (SSSR count). The van der Waals surface area contributed by atoms with Gasteiger partial charge in [-0.3, -0.25) is 0 Å². The Morgan fingerprint density at radius 3 is 2.68 bits per heavy atom. The van der Waals surface area contributed by atoms with Crippen LogP contribution in [0.15, 0.2) is 10.6 Å². The smallest absolute Gasteiger partial charge is 0.361 e. The molecule has 0 spiro atoms. The number of esters is 1. The van der Waals surface area contributed by atoms with Crippen molar-refractivity contribution in [2.45, 2.75) is 26.4 Å². The molecule has 0 aliphatic heterocycles. The second-order valence-electron chi connectivity index (χ2n) is 4.76. The summed E-state index contributed by atoms with van der Waals surface area (Å²) in [5.74, 6) is -0.0359. The van der Waals surface area contributed by atoms with Crippen LogP contribution in [0, 0.1) is 0 Å². The highest BCUT2D eigenvalue weighted by atomic mass is 16.6. The first-order valence-corrected chi connectivity index (χ1v) is 5.56. The van der Waals surface area contributed by atoms with Gasteiger partial charge in [0.25, 0.3) is 5.88 Å². The lowest BCUT2D eigenvalue weighted by Crippen LogP contribution is -2.24. The number of methoxy groups -OCH3 is 1. The van der Waals surface area contributed by atoms with E-state index in [0.29, 0.717) is 0 Å². The number of hydrogen-bond donors (Lipinski definition) is 1. The average Bonchev–Trinajstić information content (AvgIpc) is 2.95. The summed E-state index contributed by atoms with van der Waals surface area (Å²) in [6, 6.07) is 1.51. The third-order valence-corrected chi connectivity index (χ3v) is 2.07. The van der Waals surface area contributed by atoms with Gasteiger partial charge in [-0.25, -0.2) is 4.79 Å². The van der Waals surface area contributed by atoms with Gasteiger partial charge >= 0.3 is 5.97 Å². The minimum absolute atomic E-state index is 0.0359. The monoisotopic (exact) mass is 266 g/mol. The van der Waals surface area contributed by atoms with E-state index in [1.54, 1.807) is 20.8 Å². The topological polar surface area (TPSA) is 103 Å². The molecule has 102 valence electrons. The molecule has 0 aliphatic rings. The molecule has 2 aromatic rings. The van der Waals surface area contributed by atoms with Crippen LogP contribution in [0.1, 0.15) is 31.3 Å². The highest BCUT2D eigenvalue weighted by Crippen LogP contribution is 2.24. The lowest BCUT2D eigenvalue weighted by Gasteiger charge is -2.18. The second-order valence-corrected chi connectivity index (χ2v) is 4.76. The van der Waals surface area contributed by atoms with Crippen LogP contribution in [0.4, 0.5) is 0 Å². The summed E-state index contributed by atoms with van der Waals surface area (Å²) in [6.45, 7) is 5.30. The molecule has 0 fully saturated rings. The summed E-state index contributed by atoms with van der Waals surface area (Å²) in [7, 11) is 1.46. The first-order valence-electron chi connectivity index (χ1n) is 5.56. The van der Waals surface area contributed by atoms with Gasteiger partial charge in [0, 0.05) is 0 Å². The van der Waals surface area contributed by atoms with Gasteiger partial charge in [0.2, 0.25) is 5.69 Å². The maximum absolute atomic E-state index is 12.0. The predicted octanol–water partition coefficient (Wildman–Crippen LogP) is 1.42. The van der Waals surface area contributed by atoms with Gasteiger partial charge < -0.3 is 14.0 Å². The Labute approximate surface area is 109 Å². The molecule has 0 saturated heterocycles. The highest BCUT2D eigenvalue weighted by molar-refractivity contribution is 5.93. The third-order valence-electron chi connectivity index (χ3n) is 2.07. The summed E-state index contributed by atoms with van der Waals surface area (Å²) >= 11 is 0. The molecule has 8 nitrogen and oxygen atoms in total. The zero-order valence-electron chi connectivity index (χ0n) is 11.1. The molecule has 0 aliphatic carbocycles. The van der Waals surface area contributed by atoms with E-state index in [9.17, 15) is 4.79 Å². The fourth-order valence-corrected chi connectivity index (χ4v) is 1.34. The van der Waals surface area contributed by atoms with Crippen molar-refractivity contribution in [1.29, 1.82) is 0 Å². The summed E-state index contributed by atoms with van der Waals surface area (Å²) < 4.78 is 15.1. The molecule has 0 aromatic carbocycles. The van der Waals surface area contributed by atoms with Crippen molar-refractivity contribution in [3.63, 3.8) is 0 Å². The van der Waals surface area contributed by atoms with E-state index in [1.165, 1.54) is 13.2 Å². The largest absolute Gasteiger partial charge is 0.479 e. The molecule has 2 aromatic heterocycles. The van der Waals surface area contributed by atoms with Crippen LogP contribution < -0.4 is 4.74 Å². The number of rotatable bonds is 3. The number of carbonyl (C=O) groups excluding carboxylic acids is 1. The maximum Gasteiger partial charge on any atom is 0.361 e. The van der Waals surface area contributed by atoms with E-state index in [1.807, 2.05) is 0 Å². The lowest BCUT2D eigenvalue weighted by molar-refractivity contribution is 0.00635. The first kappa shape index (κ1) is 13.1. The van der Waals surface area contributed by atoms with Gasteiger partial charge in [0.15, 0.2) is 11.5 Å². The van der Waals surface area contributed by atoms with E-state index in [4.69, 9.17) is 14.0 Å². The van der Waals surface area contributed by atoms with Gasteiger partial charge in [-0.15, -0.1) is 5.10 Å². The van der Waals surface area contributed by atoms with Crippen molar-refractivity contribution in [2.75, 3.05) is 7.11 Å². The Bertz CT molecular complexity index is 582. The number of H-pyrrole nitrogens is 1. The van der Waals surface area contributed by atoms with Crippen molar-refractivity contribution in [3.05, 3.63) is 11.8 Å². The van der Waals surface area contributed by atoms with Crippen LogP contribution in [0.3, 0.4) is 0 Å². The van der Waals surface area contributed by atoms with Gasteiger partial charge in [-0.1, -0.05) is 0 Å². The van der Waals surface area contributed by atoms with Crippen LogP contribution in [-0.2, 0) is 4.74 Å². The number of carbonyl (C=O) groups is 1. The second kappa shape index (κ2) is 4.71. The van der Waals surface area contributed by atoms with Crippen molar-refractivity contribution in [2.24, 2.45) is 0 Å². The fraction of sp³-hybridized carbons (Fsp3) is 0.455. The number of aromatic amines is 1. The number of aromatic nitrogens is 4. The highest BCUT2D eigenvalue weighted by Gasteiger charge is 2.26. The maximum atomic E-state index is 12.0. The molecule has 2 heterocycles. The zero-order chi connectivity index (χ0) is 14.0. The summed E-state index contributed by atoms with van der Waals surface area (Å²) in [6.07, 6.45) is 0. The minimum atomic E-state index is -0.619. The molecule has 0 radical (unpaired) electrons. The molecule has 0 saturated carbocycles. The lowest BCUT2D eigenvalue weighted by atomic mass is 10.2. The SMILES string of the molecule is COc1cc(-c2n[nH]nc2C(=O)OC(C)(C)C)on1. The Balaban J connectivity index is 2.29. The Hall–Kier alpha value is -2.38. The average molecular weight is 266 g/mol. The molecule has 0 bridgehead atoms. The van der Waals surface area contributed by atoms with E-state index >= 15 is 0 Å². The minimum Gasteiger partial charge on any atom is -0.479 e. The fourth-order valence-electron chi connectivity index (χ4n) is 1.34. The van der Waals surface area contributed by atoms with E-state index in [0.717, 1.165) is 0 Å². The van der Waals surface area contributed by atoms with Crippen molar-refractivity contribution in [3.8, 4) is 17.3 Å². The van der Waals surface area contributed by atoms with Gasteiger partial charge in [-0.05, 0) is 25.9 Å². The number of ether oxygens (including phenoxy) is 2. The Morgan fingerprint density at radius 1 is 1.37 bits per heavy atom. The van der Waals surface area contributed by atoms with Crippen LogP contribution in [0.5, 0.6) is 5.88 Å². The number of hydrogen-bond acceptors (Lipinski definition) is 7. The van der Waals surface area contributed by atoms with E-state index in [-0.39, 0.29) is 23.0 Å². The number of nitrogens with zero attached hydrogens (tertiary/aromatic N) is 3. The van der Waals surface area contributed by atoms with Crippen LogP contribution in [-0.4, -0.2) is 39.2 Å². The van der Waals surface area contributed by atoms with Crippen LogP contribution >= 0.6 is 0 Å². The standard InChI is InChI=1S/C11H14N4O4/c1-11(2,3)18-10(16)9-8(12-15-13-9)6-5-7(17-4)14-19-6/h5H,1-4H3,(H,12,13,15). The molecule has 1 N–H and O–H groups in total. The first-order chi connectivity index (χ1) is 8.90. The molecule has 0 unspecified atom stereocenters. The van der Waals surface area contributed by atoms with Crippen molar-refractivity contribution < 1.29 is 18.8 Å². The Kier molecular flexibility index (Phi) is 3.24. The zero-order valence-corrected chi connectivity index (χ0v) is 11.1. The third kappa shape index (κ3) is 2.90. The number of nitrogens with one attached hydrogen (secondary N) is 1. The Morgan fingerprint density at radius 2 is 2.11 bits per heavy atom. The van der Waals surface area contributed by atoms with Crippen molar-refractivity contribution >= 4 is 5.97 Å². The molecule has 0 amide bonds. The molecule has 19 heavy (non-hydrogen) atoms. The van der Waals surface area contributed by atoms with Crippen LogP contribution in [0.2, 0.25) is 0 Å². The van der Waals surface area contributed by atoms with E-state index < -0.39 is 11.6 Å². The quantitative estimate of drug-likeness (QED) is 0.838. The van der Waals surface area contributed by atoms with E-state index in [2.05, 4.69) is 20.6 Å². The van der Waals surface area contributed by atoms with Gasteiger partial charge in [0.05, 0.1) is 13.2 Å². The van der Waals surface area contributed by atoms with Crippen molar-refractivity contribution in [1.82, 2.24) is 20.6 Å². The summed E-state index contributed by atoms with van der Waals surface area (Å²) in [4.78, 5) is 12.0. The van der Waals surface area contributed by atoms with Gasteiger partial charge in [0.1, 0.15) is 5.60 Å². The molecular weight excluding hydrogens is 252 g/mol. The molecule has 0 atom stereocenters. The summed E-state index contributed by atoms with van der Waals surface area (Å²) in [5.41, 5.74) is -0.356.